The Kier molecular flexibility index (Phi) is 9.13. The zero-order chi connectivity index (χ0) is 26.5. The van der Waals surface area contributed by atoms with Crippen molar-refractivity contribution in [1.29, 1.82) is 0 Å². The predicted octanol–water partition coefficient (Wildman–Crippen LogP) is 4.24. The van der Waals surface area contributed by atoms with Gasteiger partial charge in [-0.2, -0.15) is 4.99 Å². The van der Waals surface area contributed by atoms with Crippen LogP contribution in [0.3, 0.4) is 0 Å². The molecule has 11 heteroatoms. The molecule has 0 spiro atoms. The summed E-state index contributed by atoms with van der Waals surface area (Å²) in [4.78, 5) is 42.3. The summed E-state index contributed by atoms with van der Waals surface area (Å²) in [7, 11) is 0. The molecule has 1 atom stereocenters. The van der Waals surface area contributed by atoms with Crippen LogP contribution in [0.25, 0.3) is 6.08 Å². The number of thioether (sulfide) groups is 1. The molecule has 0 aromatic heterocycles. The second-order valence-electron chi connectivity index (χ2n) is 10.0. The minimum atomic E-state index is -1.01. The maximum Gasteiger partial charge on any atom is 0.408 e. The maximum atomic E-state index is 14.1. The molecule has 0 radical (unpaired) electrons. The number of aliphatic imine (C=N–C) groups is 1. The molecule has 3 rings (SSSR count). The van der Waals surface area contributed by atoms with E-state index in [-0.39, 0.29) is 18.1 Å². The fourth-order valence-electron chi connectivity index (χ4n) is 3.54. The first-order valence-electron chi connectivity index (χ1n) is 12.0. The van der Waals surface area contributed by atoms with Gasteiger partial charge in [0.2, 0.25) is 0 Å². The monoisotopic (exact) mass is 520 g/mol. The lowest BCUT2D eigenvalue weighted by Gasteiger charge is -2.28. The van der Waals surface area contributed by atoms with Crippen molar-refractivity contribution in [3.8, 4) is 5.75 Å². The van der Waals surface area contributed by atoms with Crippen LogP contribution in [0, 0.1) is 11.7 Å². The molecule has 0 aliphatic carbocycles. The summed E-state index contributed by atoms with van der Waals surface area (Å²) < 4.78 is 24.9. The minimum absolute atomic E-state index is 0.0538. The molecule has 1 fully saturated rings. The number of hydrazine groups is 1. The van der Waals surface area contributed by atoms with Crippen LogP contribution in [-0.2, 0) is 14.3 Å². The van der Waals surface area contributed by atoms with E-state index in [9.17, 15) is 18.8 Å². The van der Waals surface area contributed by atoms with E-state index >= 15 is 0 Å². The van der Waals surface area contributed by atoms with Gasteiger partial charge in [0.1, 0.15) is 23.2 Å². The van der Waals surface area contributed by atoms with E-state index < -0.39 is 35.4 Å². The lowest BCUT2D eigenvalue weighted by atomic mass is 10.0. The van der Waals surface area contributed by atoms with Crippen molar-refractivity contribution in [2.75, 3.05) is 13.1 Å². The van der Waals surface area contributed by atoms with Crippen molar-refractivity contribution in [3.05, 3.63) is 34.5 Å². The summed E-state index contributed by atoms with van der Waals surface area (Å²) in [5.41, 5.74) is 2.80. The van der Waals surface area contributed by atoms with Crippen molar-refractivity contribution in [1.82, 2.24) is 15.8 Å². The highest BCUT2D eigenvalue weighted by Gasteiger charge is 2.29. The fraction of sp³-hybridized carbons (Fsp3) is 0.520. The van der Waals surface area contributed by atoms with Crippen molar-refractivity contribution in [3.63, 3.8) is 0 Å². The Morgan fingerprint density at radius 3 is 2.69 bits per heavy atom. The summed E-state index contributed by atoms with van der Waals surface area (Å²) in [6.07, 6.45) is 3.10. The van der Waals surface area contributed by atoms with E-state index in [1.807, 2.05) is 18.9 Å². The molecule has 196 valence electrons. The van der Waals surface area contributed by atoms with Gasteiger partial charge in [0.25, 0.3) is 5.91 Å². The molecule has 0 bridgehead atoms. The van der Waals surface area contributed by atoms with Gasteiger partial charge in [0, 0.05) is 24.7 Å². The van der Waals surface area contributed by atoms with Gasteiger partial charge in [-0.1, -0.05) is 13.8 Å². The van der Waals surface area contributed by atoms with Crippen LogP contribution in [0.5, 0.6) is 5.75 Å². The number of nitrogens with one attached hydrogen (secondary N) is 2. The Morgan fingerprint density at radius 2 is 2.06 bits per heavy atom. The normalized spacial score (nSPS) is 18.3. The Labute approximate surface area is 214 Å². The number of nitrogens with zero attached hydrogens (tertiary/aromatic N) is 2. The van der Waals surface area contributed by atoms with E-state index in [0.717, 1.165) is 32.0 Å². The van der Waals surface area contributed by atoms with E-state index in [0.29, 0.717) is 15.6 Å². The molecule has 1 saturated heterocycles. The van der Waals surface area contributed by atoms with Gasteiger partial charge in [0.15, 0.2) is 5.17 Å². The summed E-state index contributed by atoms with van der Waals surface area (Å²) in [5, 5.41) is 4.94. The first kappa shape index (κ1) is 27.7. The molecule has 1 aromatic rings. The predicted molar refractivity (Wildman–Crippen MR) is 137 cm³/mol. The first-order chi connectivity index (χ1) is 16.9. The van der Waals surface area contributed by atoms with Crippen LogP contribution in [0.15, 0.2) is 28.1 Å². The van der Waals surface area contributed by atoms with E-state index in [1.165, 1.54) is 30.0 Å². The van der Waals surface area contributed by atoms with E-state index in [4.69, 9.17) is 9.47 Å². The quantitative estimate of drug-likeness (QED) is 0.326. The standard InChI is InChI=1S/C25H33FN4O5S/c1-15(2)12-18(28-24(33)35-25(3,4)5)22(32)34-19-14-17(26)9-8-16(19)13-20-21(31)29-23(36-20)30-11-7-6-10-27-30/h8-9,13-15,18,27H,6-7,10-12H2,1-5H3,(H,28,33)/b20-13+/t18-/m1/s1. The lowest BCUT2D eigenvalue weighted by molar-refractivity contribution is -0.137. The summed E-state index contributed by atoms with van der Waals surface area (Å²) in [6.45, 7) is 10.5. The van der Waals surface area contributed by atoms with Gasteiger partial charge in [-0.25, -0.2) is 19.4 Å². The number of amidine groups is 1. The van der Waals surface area contributed by atoms with Gasteiger partial charge in [-0.3, -0.25) is 9.80 Å². The first-order valence-corrected chi connectivity index (χ1v) is 12.8. The van der Waals surface area contributed by atoms with Crippen molar-refractivity contribution in [2.24, 2.45) is 10.9 Å². The number of ether oxygens (including phenoxy) is 2. The fourth-order valence-corrected chi connectivity index (χ4v) is 4.45. The number of hydrogen-bond donors (Lipinski definition) is 2. The van der Waals surface area contributed by atoms with Gasteiger partial charge in [0.05, 0.1) is 4.91 Å². The molecule has 2 aliphatic rings. The maximum absolute atomic E-state index is 14.1. The van der Waals surface area contributed by atoms with Gasteiger partial charge >= 0.3 is 12.1 Å². The number of halogens is 1. The average molecular weight is 521 g/mol. The number of hydrogen-bond acceptors (Lipinski definition) is 8. The molecule has 0 saturated carbocycles. The SMILES string of the molecule is CC(C)C[C@@H](NC(=O)OC(C)(C)C)C(=O)Oc1cc(F)ccc1/C=C1/SC(N2CCCCN2)=NC1=O. The number of carbonyl (C=O) groups excluding carboxylic acids is 3. The average Bonchev–Trinajstić information content (AvgIpc) is 3.14. The zero-order valence-electron chi connectivity index (χ0n) is 21.2. The zero-order valence-corrected chi connectivity index (χ0v) is 22.0. The number of amides is 2. The molecular weight excluding hydrogens is 487 g/mol. The number of esters is 1. The summed E-state index contributed by atoms with van der Waals surface area (Å²) in [6, 6.07) is 2.70. The number of carbonyl (C=O) groups is 3. The largest absolute Gasteiger partial charge is 0.444 e. The molecule has 2 N–H and O–H groups in total. The van der Waals surface area contributed by atoms with Crippen LogP contribution in [-0.4, -0.2) is 52.9 Å². The third-order valence-corrected chi connectivity index (χ3v) is 6.11. The Balaban J connectivity index is 1.78. The smallest absolute Gasteiger partial charge is 0.408 e. The molecule has 36 heavy (non-hydrogen) atoms. The van der Waals surface area contributed by atoms with Crippen LogP contribution >= 0.6 is 11.8 Å². The van der Waals surface area contributed by atoms with E-state index in [2.05, 4.69) is 15.7 Å². The molecule has 2 aliphatic heterocycles. The van der Waals surface area contributed by atoms with Gasteiger partial charge in [-0.05, 0) is 75.9 Å². The topological polar surface area (TPSA) is 109 Å². The Morgan fingerprint density at radius 1 is 1.31 bits per heavy atom. The minimum Gasteiger partial charge on any atom is -0.444 e. The molecule has 1 aromatic carbocycles. The van der Waals surface area contributed by atoms with Crippen LogP contribution in [0.4, 0.5) is 9.18 Å². The second kappa shape index (κ2) is 11.9. The van der Waals surface area contributed by atoms with Crippen molar-refractivity contribution >= 4 is 41.0 Å². The number of benzene rings is 1. The van der Waals surface area contributed by atoms with Crippen LogP contribution < -0.4 is 15.5 Å². The third-order valence-electron chi connectivity index (χ3n) is 5.11. The van der Waals surface area contributed by atoms with Gasteiger partial charge < -0.3 is 14.8 Å². The molecule has 2 heterocycles. The van der Waals surface area contributed by atoms with Gasteiger partial charge in [-0.15, -0.1) is 0 Å². The lowest BCUT2D eigenvalue weighted by Crippen LogP contribution is -2.45. The van der Waals surface area contributed by atoms with Crippen molar-refractivity contribution in [2.45, 2.75) is 65.5 Å². The van der Waals surface area contributed by atoms with Crippen molar-refractivity contribution < 1.29 is 28.2 Å². The molecule has 9 nitrogen and oxygen atoms in total. The molecule has 2 amide bonds. The second-order valence-corrected chi connectivity index (χ2v) is 11.0. The summed E-state index contributed by atoms with van der Waals surface area (Å²) in [5.74, 6) is -1.81. The highest BCUT2D eigenvalue weighted by Crippen LogP contribution is 2.33. The molecular formula is C25H33FN4O5S. The highest BCUT2D eigenvalue weighted by atomic mass is 32.2. The van der Waals surface area contributed by atoms with Crippen LogP contribution in [0.1, 0.15) is 59.4 Å². The highest BCUT2D eigenvalue weighted by molar-refractivity contribution is 8.18. The summed E-state index contributed by atoms with van der Waals surface area (Å²) >= 11 is 1.20. The number of alkyl carbamates (subject to hydrolysis) is 1. The third kappa shape index (κ3) is 8.06. The Hall–Kier alpha value is -2.92. The van der Waals surface area contributed by atoms with Crippen LogP contribution in [0.2, 0.25) is 0 Å². The van der Waals surface area contributed by atoms with E-state index in [1.54, 1.807) is 20.8 Å². The number of rotatable bonds is 6. The Bertz CT molecular complexity index is 1060. The molecule has 0 unspecified atom stereocenters.